The molecule has 6 rings (SSSR count). The summed E-state index contributed by atoms with van der Waals surface area (Å²) in [6.07, 6.45) is 2.28. The summed E-state index contributed by atoms with van der Waals surface area (Å²) in [6, 6.07) is 23.2. The van der Waals surface area contributed by atoms with Gasteiger partial charge in [0.1, 0.15) is 0 Å². The second kappa shape index (κ2) is 18.0. The number of nitrogens with one attached hydrogen (secondary N) is 3. The van der Waals surface area contributed by atoms with E-state index in [-0.39, 0.29) is 43.3 Å². The SMILES string of the molecule is COc1cc(Nc2cc(Oc3ccc([As](C(N)=O)c4cc(C(C)(C)C)cc(NS(C)(=O)=O)c4OC)c4ccccc34)ccn2)ccc1C(=O)NCCN1CCC(F)(F)CC1. The molecule has 5 aromatic rings. The normalized spacial score (nSPS) is 14.9. The van der Waals surface area contributed by atoms with Crippen LogP contribution in [0.3, 0.4) is 0 Å². The van der Waals surface area contributed by atoms with Gasteiger partial charge in [-0.1, -0.05) is 0 Å². The average Bonchev–Trinajstić information content (AvgIpc) is 3.18. The van der Waals surface area contributed by atoms with E-state index in [1.54, 1.807) is 48.7 Å². The van der Waals surface area contributed by atoms with Crippen molar-refractivity contribution in [1.82, 2.24) is 15.2 Å². The number of rotatable bonds is 15. The van der Waals surface area contributed by atoms with Crippen LogP contribution in [-0.2, 0) is 15.4 Å². The molecule has 0 radical (unpaired) electrons. The van der Waals surface area contributed by atoms with Crippen molar-refractivity contribution in [3.05, 3.63) is 96.2 Å². The van der Waals surface area contributed by atoms with Crippen LogP contribution in [0.5, 0.6) is 23.0 Å². The van der Waals surface area contributed by atoms with Gasteiger partial charge in [-0.3, -0.25) is 4.79 Å². The molecule has 1 fully saturated rings. The smallest absolute Gasteiger partial charge is 0.351 e. The fraction of sp³-hybridized carbons (Fsp3) is 0.326. The van der Waals surface area contributed by atoms with Gasteiger partial charge in [-0.15, -0.1) is 0 Å². The Hall–Kier alpha value is -5.44. The number of carbonyl (C=O) groups is 2. The van der Waals surface area contributed by atoms with E-state index in [0.717, 1.165) is 22.6 Å². The fourth-order valence-electron chi connectivity index (χ4n) is 6.91. The predicted molar refractivity (Wildman–Crippen MR) is 232 cm³/mol. The quantitative estimate of drug-likeness (QED) is 0.0888. The second-order valence-electron chi connectivity index (χ2n) is 15.5. The van der Waals surface area contributed by atoms with Crippen molar-refractivity contribution in [1.29, 1.82) is 0 Å². The zero-order valence-electron chi connectivity index (χ0n) is 34.3. The Kier molecular flexibility index (Phi) is 13.3. The summed E-state index contributed by atoms with van der Waals surface area (Å²) in [5.74, 6) is -0.972. The number of primary amides is 1. The summed E-state index contributed by atoms with van der Waals surface area (Å²) >= 11 is -3.07. The molecule has 1 unspecified atom stereocenters. The number of benzene rings is 4. The number of halogens is 2. The van der Waals surface area contributed by atoms with Crippen LogP contribution in [0.4, 0.5) is 30.8 Å². The van der Waals surface area contributed by atoms with Crippen molar-refractivity contribution in [3.63, 3.8) is 0 Å². The molecular formula is C43H49AsF2N6O7S. The van der Waals surface area contributed by atoms with Gasteiger partial charge in [0.25, 0.3) is 11.8 Å². The van der Waals surface area contributed by atoms with Crippen LogP contribution in [0.2, 0.25) is 0 Å². The Labute approximate surface area is 353 Å². The minimum absolute atomic E-state index is 0.181. The molecule has 2 amide bonds. The summed E-state index contributed by atoms with van der Waals surface area (Å²) in [5.41, 5.74) is 7.77. The van der Waals surface area contributed by atoms with Gasteiger partial charge in [0.2, 0.25) is 0 Å². The number of piperidine rings is 1. The van der Waals surface area contributed by atoms with E-state index in [1.165, 1.54) is 14.2 Å². The molecule has 4 aromatic carbocycles. The Bertz CT molecular complexity index is 2510. The zero-order chi connectivity index (χ0) is 43.4. The number of sulfonamides is 1. The van der Waals surface area contributed by atoms with Crippen molar-refractivity contribution >= 4 is 71.9 Å². The minimum Gasteiger partial charge on any atom is -0.351 e. The number of ether oxygens (including phenoxy) is 3. The first kappa shape index (κ1) is 44.1. The molecular weight excluding hydrogens is 857 g/mol. The number of hydrogen-bond donors (Lipinski definition) is 4. The summed E-state index contributed by atoms with van der Waals surface area (Å²) in [7, 11) is -0.799. The van der Waals surface area contributed by atoms with Crippen LogP contribution in [0, 0.1) is 0 Å². The molecule has 1 atom stereocenters. The standard InChI is InChI=1S/C43H49AsF2N6O7S/c1-42(2,3)27-23-34(39(58-5)35(24-27)51-60(6,55)56)44(41(47)54)33-13-14-36(31-10-8-7-9-30(31)33)59-29-15-18-48-38(26-29)50-28-11-12-32(37(25-28)57-4)40(53)49-19-22-52-20-16-43(45,46)17-21-52/h7-15,18,23-26,51H,16-17,19-22H2,1-6H3,(H2,47,54)(H,48,50)(H,49,53). The van der Waals surface area contributed by atoms with Gasteiger partial charge in [-0.2, -0.15) is 0 Å². The molecule has 1 aliphatic rings. The van der Waals surface area contributed by atoms with Crippen LogP contribution < -0.4 is 44.0 Å². The number of likely N-dealkylation sites (tertiary alicyclic amines) is 1. The topological polar surface area (TPSA) is 174 Å². The Balaban J connectivity index is 1.23. The number of nitrogens with zero attached hydrogens (tertiary/aromatic N) is 2. The molecule has 1 saturated heterocycles. The van der Waals surface area contributed by atoms with Crippen LogP contribution in [0.1, 0.15) is 49.5 Å². The number of alkyl halides is 2. The monoisotopic (exact) mass is 906 g/mol. The van der Waals surface area contributed by atoms with Crippen molar-refractivity contribution < 1.29 is 41.0 Å². The number of carbonyl (C=O) groups excluding carboxylic acids is 2. The average molecular weight is 907 g/mol. The first-order valence-electron chi connectivity index (χ1n) is 19.1. The molecule has 0 bridgehead atoms. The fourth-order valence-corrected chi connectivity index (χ4v) is 11.8. The summed E-state index contributed by atoms with van der Waals surface area (Å²) < 4.78 is 73.0. The number of nitrogens with two attached hydrogens (primary N) is 1. The van der Waals surface area contributed by atoms with Gasteiger partial charge in [-0.25, -0.2) is 8.78 Å². The molecule has 0 aliphatic carbocycles. The van der Waals surface area contributed by atoms with Crippen molar-refractivity contribution in [3.8, 4) is 23.0 Å². The van der Waals surface area contributed by atoms with E-state index in [1.807, 2.05) is 62.1 Å². The third kappa shape index (κ3) is 10.6. The Morgan fingerprint density at radius 1 is 0.917 bits per heavy atom. The van der Waals surface area contributed by atoms with Gasteiger partial charge < -0.3 is 15.0 Å². The Morgan fingerprint density at radius 2 is 1.63 bits per heavy atom. The number of hydrogen-bond acceptors (Lipinski definition) is 10. The predicted octanol–water partition coefficient (Wildman–Crippen LogP) is 6.19. The van der Waals surface area contributed by atoms with E-state index < -0.39 is 40.7 Å². The van der Waals surface area contributed by atoms with Gasteiger partial charge in [0, 0.05) is 39.0 Å². The van der Waals surface area contributed by atoms with Crippen molar-refractivity contribution in [2.75, 3.05) is 56.7 Å². The maximum absolute atomic E-state index is 13.5. The van der Waals surface area contributed by atoms with Crippen LogP contribution >= 0.6 is 0 Å². The number of fused-ring (bicyclic) bond motifs is 1. The molecule has 0 saturated carbocycles. The molecule has 318 valence electrons. The first-order chi connectivity index (χ1) is 28.4. The molecule has 13 nitrogen and oxygen atoms in total. The third-order valence-corrected chi connectivity index (χ3v) is 15.0. The zero-order valence-corrected chi connectivity index (χ0v) is 37.0. The third-order valence-electron chi connectivity index (χ3n) is 9.98. The number of aromatic nitrogens is 1. The number of methoxy groups -OCH3 is 2. The van der Waals surface area contributed by atoms with E-state index in [0.29, 0.717) is 56.1 Å². The van der Waals surface area contributed by atoms with E-state index >= 15 is 0 Å². The minimum atomic E-state index is -3.70. The van der Waals surface area contributed by atoms with Gasteiger partial charge >= 0.3 is 263 Å². The summed E-state index contributed by atoms with van der Waals surface area (Å²) in [4.78, 5) is 32.9. The molecule has 17 heteroatoms. The second-order valence-corrected chi connectivity index (χ2v) is 21.6. The molecule has 0 spiro atoms. The molecule has 1 aliphatic heterocycles. The van der Waals surface area contributed by atoms with E-state index in [4.69, 9.17) is 19.9 Å². The molecule has 60 heavy (non-hydrogen) atoms. The first-order valence-corrected chi connectivity index (χ1v) is 23.9. The van der Waals surface area contributed by atoms with Gasteiger partial charge in [0.05, 0.1) is 12.7 Å². The molecule has 1 aromatic heterocycles. The number of pyridine rings is 1. The Morgan fingerprint density at radius 3 is 2.28 bits per heavy atom. The summed E-state index contributed by atoms with van der Waals surface area (Å²) in [6.45, 7) is 7.34. The van der Waals surface area contributed by atoms with Crippen LogP contribution in [0.25, 0.3) is 10.8 Å². The van der Waals surface area contributed by atoms with Crippen molar-refractivity contribution in [2.24, 2.45) is 5.73 Å². The van der Waals surface area contributed by atoms with Crippen molar-refractivity contribution in [2.45, 2.75) is 45.0 Å². The van der Waals surface area contributed by atoms with Crippen LogP contribution in [0.15, 0.2) is 85.1 Å². The number of anilines is 3. The molecule has 5 N–H and O–H groups in total. The van der Waals surface area contributed by atoms with E-state index in [9.17, 15) is 26.8 Å². The molecule has 2 heterocycles. The maximum atomic E-state index is 13.5. The number of amides is 2. The van der Waals surface area contributed by atoms with Gasteiger partial charge in [0.15, 0.2) is 0 Å². The summed E-state index contributed by atoms with van der Waals surface area (Å²) in [5, 5.41) is 7.55. The van der Waals surface area contributed by atoms with Crippen LogP contribution in [-0.4, -0.2) is 96.1 Å². The van der Waals surface area contributed by atoms with Gasteiger partial charge in [-0.05, 0) is 0 Å². The van der Waals surface area contributed by atoms with E-state index in [2.05, 4.69) is 20.3 Å².